The van der Waals surface area contributed by atoms with Gasteiger partial charge in [-0.1, -0.05) is 52.3 Å². The molecule has 74 heavy (non-hydrogen) atoms. The number of aliphatic carboxylic acids is 1. The number of hydrogen-bond acceptors (Lipinski definition) is 13. The van der Waals surface area contributed by atoms with Crippen molar-refractivity contribution in [2.75, 3.05) is 13.1 Å². The fourth-order valence-electron chi connectivity index (χ4n) is 8.17. The van der Waals surface area contributed by atoms with Gasteiger partial charge in [0, 0.05) is 42.9 Å². The van der Waals surface area contributed by atoms with Crippen molar-refractivity contribution >= 4 is 76.0 Å². The standard InChI is InChI=1S/C48H76N14O12/c1-6-25(4)38(61-46(72)39(26(5)63)62-44(70)34(21-24(2)3)59-42(68)32(16-18-37(50)65)56-40(66)30-13-9-19-53-30)45(71)60-35(22-27-23-55-29-12-8-7-11-28(27)29)43(69)57-31(15-17-36(49)64)41(67)58-33(47(73)74)14-10-20-54-48(51)52/h7-8,11-12,23-26,30-35,38-39,53,55,63H,6,9-10,13-22H2,1-5H3,(H2,49,64)(H2,50,65)(H,56,66)(H,57,69)(H,58,67)(H,59,68)(H,60,71)(H,61,72)(H,62,70)(H,73,74)(H4,51,52,54)/t25-,26+,30-,31-,32-,33-,34-,35-,38-,39-/m0/s1. The lowest BCUT2D eigenvalue weighted by Gasteiger charge is -2.30. The van der Waals surface area contributed by atoms with Gasteiger partial charge in [-0.15, -0.1) is 0 Å². The minimum Gasteiger partial charge on any atom is -0.480 e. The molecular formula is C48H76N14O12. The molecule has 10 atom stereocenters. The zero-order chi connectivity index (χ0) is 55.2. The van der Waals surface area contributed by atoms with Crippen molar-refractivity contribution in [3.63, 3.8) is 0 Å². The van der Waals surface area contributed by atoms with E-state index in [0.29, 0.717) is 35.9 Å². The summed E-state index contributed by atoms with van der Waals surface area (Å²) in [4.78, 5) is 140. The zero-order valence-corrected chi connectivity index (χ0v) is 42.7. The molecule has 26 nitrogen and oxygen atoms in total. The van der Waals surface area contributed by atoms with E-state index in [1.165, 1.54) is 6.92 Å². The van der Waals surface area contributed by atoms with Crippen LogP contribution in [-0.2, 0) is 54.4 Å². The van der Waals surface area contributed by atoms with Gasteiger partial charge in [0.1, 0.15) is 42.3 Å². The summed E-state index contributed by atoms with van der Waals surface area (Å²) in [5.41, 5.74) is 22.7. The predicted octanol–water partition coefficient (Wildman–Crippen LogP) is -3.00. The molecule has 2 aromatic rings. The number of carbonyl (C=O) groups is 10. The lowest BCUT2D eigenvalue weighted by molar-refractivity contribution is -0.142. The number of nitrogens with zero attached hydrogens (tertiary/aromatic N) is 1. The van der Waals surface area contributed by atoms with Crippen molar-refractivity contribution in [3.05, 3.63) is 36.0 Å². The summed E-state index contributed by atoms with van der Waals surface area (Å²) >= 11 is 0. The van der Waals surface area contributed by atoms with Crippen LogP contribution in [0.5, 0.6) is 0 Å². The molecule has 0 unspecified atom stereocenters. The second-order valence-electron chi connectivity index (χ2n) is 19.0. The lowest BCUT2D eigenvalue weighted by Crippen LogP contribution is -2.63. The van der Waals surface area contributed by atoms with Gasteiger partial charge in [0.15, 0.2) is 5.96 Å². The molecular weight excluding hydrogens is 965 g/mol. The number of hydrogen-bond donors (Lipinski definition) is 15. The number of carboxylic acid groups (broad SMARTS) is 1. The number of H-pyrrole nitrogens is 1. The SMILES string of the molecule is CC[C@H](C)[C@H](NC(=O)[C@@H](NC(=O)[C@H](CC(C)C)NC(=O)[C@H](CCC(N)=O)NC(=O)[C@@H]1CCCN1)[C@@H](C)O)C(=O)N[C@@H](Cc1c[nH]c2ccccc12)C(=O)N[C@@H](CCC(N)=O)C(=O)N[C@@H](CCCN=C(N)N)C(=O)O. The number of aliphatic hydroxyl groups is 1. The Balaban J connectivity index is 1.92. The molecule has 19 N–H and O–H groups in total. The van der Waals surface area contributed by atoms with Gasteiger partial charge in [-0.2, -0.15) is 0 Å². The van der Waals surface area contributed by atoms with Crippen LogP contribution in [0.2, 0.25) is 0 Å². The first kappa shape index (κ1) is 61.0. The van der Waals surface area contributed by atoms with E-state index in [4.69, 9.17) is 22.9 Å². The number of nitrogens with two attached hydrogens (primary N) is 4. The molecule has 0 saturated carbocycles. The van der Waals surface area contributed by atoms with E-state index in [-0.39, 0.29) is 63.4 Å². The van der Waals surface area contributed by atoms with E-state index in [9.17, 15) is 58.2 Å². The summed E-state index contributed by atoms with van der Waals surface area (Å²) in [6.45, 7) is 8.81. The van der Waals surface area contributed by atoms with Gasteiger partial charge in [0.25, 0.3) is 0 Å². The topological polar surface area (TPSA) is 440 Å². The molecule has 9 amide bonds. The molecule has 2 heterocycles. The summed E-state index contributed by atoms with van der Waals surface area (Å²) in [5, 5.41) is 42.5. The number of benzene rings is 1. The molecule has 3 rings (SSSR count). The molecule has 1 aliphatic rings. The van der Waals surface area contributed by atoms with Gasteiger partial charge in [-0.05, 0) is 81.9 Å². The lowest BCUT2D eigenvalue weighted by atomic mass is 9.96. The van der Waals surface area contributed by atoms with Crippen molar-refractivity contribution in [1.29, 1.82) is 0 Å². The van der Waals surface area contributed by atoms with E-state index >= 15 is 0 Å². The van der Waals surface area contributed by atoms with Gasteiger partial charge in [-0.25, -0.2) is 4.79 Å². The minimum atomic E-state index is -1.71. The number of aromatic amines is 1. The van der Waals surface area contributed by atoms with Gasteiger partial charge >= 0.3 is 5.97 Å². The van der Waals surface area contributed by atoms with Crippen LogP contribution in [0.1, 0.15) is 104 Å². The van der Waals surface area contributed by atoms with Crippen LogP contribution in [0.15, 0.2) is 35.5 Å². The Labute approximate surface area is 429 Å². The van der Waals surface area contributed by atoms with Crippen LogP contribution < -0.4 is 65.5 Å². The largest absolute Gasteiger partial charge is 0.480 e. The van der Waals surface area contributed by atoms with Crippen molar-refractivity contribution in [1.82, 2.24) is 47.5 Å². The number of guanidine groups is 1. The van der Waals surface area contributed by atoms with Crippen molar-refractivity contribution < 1.29 is 58.2 Å². The van der Waals surface area contributed by atoms with Gasteiger partial charge < -0.3 is 80.7 Å². The second-order valence-corrected chi connectivity index (χ2v) is 19.0. The molecule has 0 spiro atoms. The zero-order valence-electron chi connectivity index (χ0n) is 42.7. The third kappa shape index (κ3) is 19.9. The van der Waals surface area contributed by atoms with Crippen molar-refractivity contribution in [2.24, 2.45) is 39.8 Å². The Hall–Kier alpha value is -7.35. The number of aliphatic imine (C=N–C) groups is 1. The van der Waals surface area contributed by atoms with Crippen LogP contribution in [0.25, 0.3) is 10.9 Å². The predicted molar refractivity (Wildman–Crippen MR) is 272 cm³/mol. The Morgan fingerprint density at radius 3 is 1.78 bits per heavy atom. The quantitative estimate of drug-likeness (QED) is 0.0197. The number of primary amides is 2. The first-order chi connectivity index (χ1) is 34.9. The van der Waals surface area contributed by atoms with Crippen LogP contribution >= 0.6 is 0 Å². The minimum absolute atomic E-state index is 0.0378. The average molecular weight is 1040 g/mol. The highest BCUT2D eigenvalue weighted by Crippen LogP contribution is 2.20. The molecule has 1 aromatic carbocycles. The van der Waals surface area contributed by atoms with Gasteiger partial charge in [0.05, 0.1) is 12.1 Å². The maximum Gasteiger partial charge on any atom is 0.326 e. The number of carboxylic acids is 1. The fraction of sp³-hybridized carbons (Fsp3) is 0.604. The molecule has 1 fully saturated rings. The monoisotopic (exact) mass is 1040 g/mol. The molecule has 0 bridgehead atoms. The summed E-state index contributed by atoms with van der Waals surface area (Å²) < 4.78 is 0. The summed E-state index contributed by atoms with van der Waals surface area (Å²) in [7, 11) is 0. The third-order valence-electron chi connectivity index (χ3n) is 12.5. The summed E-state index contributed by atoms with van der Waals surface area (Å²) in [6, 6.07) is -3.61. The average Bonchev–Trinajstić information content (AvgIpc) is 4.03. The summed E-state index contributed by atoms with van der Waals surface area (Å²) in [5.74, 6) is -9.94. The number of rotatable bonds is 32. The highest BCUT2D eigenvalue weighted by atomic mass is 16.4. The third-order valence-corrected chi connectivity index (χ3v) is 12.5. The maximum absolute atomic E-state index is 14.5. The molecule has 1 saturated heterocycles. The van der Waals surface area contributed by atoms with E-state index in [1.54, 1.807) is 58.2 Å². The Morgan fingerprint density at radius 1 is 0.689 bits per heavy atom. The highest BCUT2D eigenvalue weighted by molar-refractivity contribution is 5.98. The molecule has 1 aromatic heterocycles. The number of para-hydroxylation sites is 1. The fourth-order valence-corrected chi connectivity index (χ4v) is 8.17. The van der Waals surface area contributed by atoms with Gasteiger partial charge in [-0.3, -0.25) is 48.1 Å². The van der Waals surface area contributed by atoms with Crippen LogP contribution in [0.3, 0.4) is 0 Å². The van der Waals surface area contributed by atoms with E-state index < -0.39 is 126 Å². The second kappa shape index (κ2) is 30.0. The van der Waals surface area contributed by atoms with Crippen molar-refractivity contribution in [2.45, 2.75) is 160 Å². The molecule has 0 aliphatic carbocycles. The van der Waals surface area contributed by atoms with E-state index in [2.05, 4.69) is 52.5 Å². The van der Waals surface area contributed by atoms with Crippen LogP contribution in [0.4, 0.5) is 0 Å². The Kier molecular flexibility index (Phi) is 24.7. The maximum atomic E-state index is 14.5. The van der Waals surface area contributed by atoms with Crippen molar-refractivity contribution in [3.8, 4) is 0 Å². The normalized spacial score (nSPS) is 16.9. The van der Waals surface area contributed by atoms with Gasteiger partial charge in [0.2, 0.25) is 53.2 Å². The first-order valence-electron chi connectivity index (χ1n) is 24.9. The highest BCUT2D eigenvalue weighted by Gasteiger charge is 2.38. The molecule has 410 valence electrons. The Morgan fingerprint density at radius 2 is 1.23 bits per heavy atom. The van der Waals surface area contributed by atoms with Crippen LogP contribution in [-0.4, -0.2) is 148 Å². The number of aliphatic hydroxyl groups excluding tert-OH is 1. The Bertz CT molecular complexity index is 2310. The summed E-state index contributed by atoms with van der Waals surface area (Å²) in [6.07, 6.45) is 0.341. The van der Waals surface area contributed by atoms with E-state index in [1.807, 2.05) is 0 Å². The number of carbonyl (C=O) groups excluding carboxylic acids is 9. The smallest absolute Gasteiger partial charge is 0.326 e. The van der Waals surface area contributed by atoms with E-state index in [0.717, 1.165) is 6.42 Å². The number of nitrogens with one attached hydrogen (secondary N) is 9. The van der Waals surface area contributed by atoms with Crippen LogP contribution in [0, 0.1) is 11.8 Å². The molecule has 1 aliphatic heterocycles. The molecule has 0 radical (unpaired) electrons. The number of fused-ring (bicyclic) bond motifs is 1. The number of amides is 9. The number of aromatic nitrogens is 1. The first-order valence-corrected chi connectivity index (χ1v) is 24.9. The molecule has 26 heteroatoms.